The van der Waals surface area contributed by atoms with Crippen molar-refractivity contribution in [1.29, 1.82) is 0 Å². The first-order valence-electron chi connectivity index (χ1n) is 7.60. The van der Waals surface area contributed by atoms with Crippen molar-refractivity contribution >= 4 is 41.1 Å². The zero-order chi connectivity index (χ0) is 19.1. The van der Waals surface area contributed by atoms with Crippen LogP contribution in [0.4, 0.5) is 14.5 Å². The van der Waals surface area contributed by atoms with Crippen LogP contribution in [0.5, 0.6) is 0 Å². The van der Waals surface area contributed by atoms with E-state index < -0.39 is 23.7 Å². The van der Waals surface area contributed by atoms with Crippen LogP contribution in [0.15, 0.2) is 58.3 Å². The Labute approximate surface area is 158 Å². The molecule has 0 bridgehead atoms. The molecule has 8 heteroatoms. The van der Waals surface area contributed by atoms with Gasteiger partial charge in [-0.3, -0.25) is 4.79 Å². The van der Waals surface area contributed by atoms with Crippen LogP contribution in [0, 0.1) is 0 Å². The number of esters is 1. The van der Waals surface area contributed by atoms with Gasteiger partial charge in [0.25, 0.3) is 11.7 Å². The third kappa shape index (κ3) is 5.74. The molecule has 138 valence electrons. The highest BCUT2D eigenvalue weighted by Gasteiger charge is 2.20. The van der Waals surface area contributed by atoms with Crippen molar-refractivity contribution < 1.29 is 23.1 Å². The topological polar surface area (TPSA) is 55.4 Å². The molecule has 0 aliphatic carbocycles. The molecule has 2 rings (SSSR count). The highest BCUT2D eigenvalue weighted by atomic mass is 32.2. The third-order valence-corrected chi connectivity index (χ3v) is 4.85. The van der Waals surface area contributed by atoms with E-state index in [9.17, 15) is 18.4 Å². The van der Waals surface area contributed by atoms with Crippen molar-refractivity contribution in [3.8, 4) is 0 Å². The van der Waals surface area contributed by atoms with Crippen LogP contribution in [-0.2, 0) is 9.53 Å². The van der Waals surface area contributed by atoms with Crippen LogP contribution < -0.4 is 5.32 Å². The monoisotopic (exact) mass is 397 g/mol. The lowest BCUT2D eigenvalue weighted by atomic mass is 10.2. The van der Waals surface area contributed by atoms with Gasteiger partial charge in [-0.05, 0) is 49.6 Å². The molecule has 1 atom stereocenters. The van der Waals surface area contributed by atoms with Gasteiger partial charge in [0.15, 0.2) is 6.10 Å². The predicted molar refractivity (Wildman–Crippen MR) is 100 cm³/mol. The van der Waals surface area contributed by atoms with Crippen LogP contribution in [0.25, 0.3) is 0 Å². The first kappa shape index (κ1) is 20.3. The summed E-state index contributed by atoms with van der Waals surface area (Å²) < 4.78 is 29.8. The number of alkyl halides is 2. The molecule has 0 aliphatic heterocycles. The SMILES string of the molecule is CSc1ccccc1C(=O)OC(C)C(=O)Nc1ccc(SC(F)F)cc1. The largest absolute Gasteiger partial charge is 0.449 e. The standard InChI is InChI=1S/C18H17F2NO3S2/c1-11(24-17(23)14-5-3-4-6-15(14)25-2)16(22)21-12-7-9-13(10-8-12)26-18(19)20/h3-11,18H,1-2H3,(H,21,22). The molecule has 0 saturated carbocycles. The number of halogens is 2. The molecular formula is C18H17F2NO3S2. The number of carbonyl (C=O) groups is 2. The number of ether oxygens (including phenoxy) is 1. The lowest BCUT2D eigenvalue weighted by Gasteiger charge is -2.15. The van der Waals surface area contributed by atoms with Crippen LogP contribution >= 0.6 is 23.5 Å². The summed E-state index contributed by atoms with van der Waals surface area (Å²) in [5, 5.41) is 2.59. The maximum Gasteiger partial charge on any atom is 0.340 e. The Kier molecular flexibility index (Phi) is 7.47. The summed E-state index contributed by atoms with van der Waals surface area (Å²) in [6, 6.07) is 13.0. The zero-order valence-electron chi connectivity index (χ0n) is 14.1. The molecule has 0 fully saturated rings. The Morgan fingerprint density at radius 3 is 2.35 bits per heavy atom. The van der Waals surface area contributed by atoms with E-state index >= 15 is 0 Å². The fourth-order valence-electron chi connectivity index (χ4n) is 2.05. The second kappa shape index (κ2) is 9.59. The van der Waals surface area contributed by atoms with Gasteiger partial charge in [0.2, 0.25) is 0 Å². The second-order valence-electron chi connectivity index (χ2n) is 5.14. The van der Waals surface area contributed by atoms with E-state index in [2.05, 4.69) is 5.32 Å². The smallest absolute Gasteiger partial charge is 0.340 e. The number of carbonyl (C=O) groups excluding carboxylic acids is 2. The molecule has 1 unspecified atom stereocenters. The van der Waals surface area contributed by atoms with Gasteiger partial charge in [0.05, 0.1) is 5.56 Å². The minimum Gasteiger partial charge on any atom is -0.449 e. The molecule has 2 aromatic rings. The number of benzene rings is 2. The first-order valence-corrected chi connectivity index (χ1v) is 9.71. The van der Waals surface area contributed by atoms with Crippen LogP contribution in [0.2, 0.25) is 0 Å². The molecule has 0 radical (unpaired) electrons. The fourth-order valence-corrected chi connectivity index (χ4v) is 3.14. The van der Waals surface area contributed by atoms with E-state index in [1.807, 2.05) is 12.3 Å². The summed E-state index contributed by atoms with van der Waals surface area (Å²) >= 11 is 1.83. The molecule has 26 heavy (non-hydrogen) atoms. The summed E-state index contributed by atoms with van der Waals surface area (Å²) in [4.78, 5) is 25.6. The molecule has 0 heterocycles. The van der Waals surface area contributed by atoms with Gasteiger partial charge in [-0.25, -0.2) is 4.79 Å². The Morgan fingerprint density at radius 1 is 1.08 bits per heavy atom. The first-order chi connectivity index (χ1) is 12.4. The van der Waals surface area contributed by atoms with Crippen LogP contribution in [0.3, 0.4) is 0 Å². The molecule has 0 saturated heterocycles. The number of amides is 1. The lowest BCUT2D eigenvalue weighted by molar-refractivity contribution is -0.123. The molecule has 0 spiro atoms. The summed E-state index contributed by atoms with van der Waals surface area (Å²) in [7, 11) is 0. The highest BCUT2D eigenvalue weighted by molar-refractivity contribution is 7.99. The van der Waals surface area contributed by atoms with Crippen molar-refractivity contribution in [2.75, 3.05) is 11.6 Å². The van der Waals surface area contributed by atoms with Crippen molar-refractivity contribution in [2.45, 2.75) is 28.6 Å². The number of hydrogen-bond donors (Lipinski definition) is 1. The number of hydrogen-bond acceptors (Lipinski definition) is 5. The van der Waals surface area contributed by atoms with Gasteiger partial charge in [0, 0.05) is 15.5 Å². The minimum absolute atomic E-state index is 0.395. The molecular weight excluding hydrogens is 380 g/mol. The van der Waals surface area contributed by atoms with E-state index in [0.717, 1.165) is 4.90 Å². The van der Waals surface area contributed by atoms with E-state index in [1.54, 1.807) is 18.2 Å². The average molecular weight is 397 g/mol. The zero-order valence-corrected chi connectivity index (χ0v) is 15.7. The molecule has 2 aromatic carbocycles. The lowest BCUT2D eigenvalue weighted by Crippen LogP contribution is -2.30. The Bertz CT molecular complexity index is 769. The third-order valence-electron chi connectivity index (χ3n) is 3.33. The quantitative estimate of drug-likeness (QED) is 0.532. The van der Waals surface area contributed by atoms with Gasteiger partial charge in [0.1, 0.15) is 0 Å². The summed E-state index contributed by atoms with van der Waals surface area (Å²) in [5.74, 6) is -3.59. The van der Waals surface area contributed by atoms with Gasteiger partial charge in [-0.1, -0.05) is 23.9 Å². The maximum atomic E-state index is 12.3. The second-order valence-corrected chi connectivity index (χ2v) is 7.05. The van der Waals surface area contributed by atoms with Gasteiger partial charge in [-0.2, -0.15) is 8.78 Å². The molecule has 0 aromatic heterocycles. The Morgan fingerprint density at radius 2 is 1.73 bits per heavy atom. The predicted octanol–water partition coefficient (Wildman–Crippen LogP) is 4.91. The number of rotatable bonds is 7. The minimum atomic E-state index is -2.50. The van der Waals surface area contributed by atoms with Gasteiger partial charge in [-0.15, -0.1) is 11.8 Å². The highest BCUT2D eigenvalue weighted by Crippen LogP contribution is 2.26. The van der Waals surface area contributed by atoms with Crippen molar-refractivity contribution in [1.82, 2.24) is 0 Å². The number of anilines is 1. The average Bonchev–Trinajstić information content (AvgIpc) is 2.62. The van der Waals surface area contributed by atoms with Gasteiger partial charge < -0.3 is 10.1 Å². The van der Waals surface area contributed by atoms with E-state index in [1.165, 1.54) is 43.0 Å². The van der Waals surface area contributed by atoms with Crippen LogP contribution in [-0.4, -0.2) is 30.0 Å². The summed E-state index contributed by atoms with van der Waals surface area (Å²) in [6.45, 7) is 1.47. The fraction of sp³-hybridized carbons (Fsp3) is 0.222. The van der Waals surface area contributed by atoms with Crippen molar-refractivity contribution in [3.05, 3.63) is 54.1 Å². The molecule has 0 aliphatic rings. The van der Waals surface area contributed by atoms with E-state index in [-0.39, 0.29) is 0 Å². The molecule has 4 nitrogen and oxygen atoms in total. The Hall–Kier alpha value is -2.06. The molecule has 1 N–H and O–H groups in total. The Balaban J connectivity index is 1.95. The number of nitrogens with one attached hydrogen (secondary N) is 1. The van der Waals surface area contributed by atoms with E-state index in [4.69, 9.17) is 4.74 Å². The van der Waals surface area contributed by atoms with E-state index in [0.29, 0.717) is 27.9 Å². The van der Waals surface area contributed by atoms with Crippen LogP contribution in [0.1, 0.15) is 17.3 Å². The molecule has 1 amide bonds. The summed E-state index contributed by atoms with van der Waals surface area (Å²) in [5.41, 5.74) is 0.828. The summed E-state index contributed by atoms with van der Waals surface area (Å²) in [6.07, 6.45) is 0.839. The maximum absolute atomic E-state index is 12.3. The van der Waals surface area contributed by atoms with Crippen molar-refractivity contribution in [2.24, 2.45) is 0 Å². The van der Waals surface area contributed by atoms with Crippen molar-refractivity contribution in [3.63, 3.8) is 0 Å². The number of thioether (sulfide) groups is 2. The normalized spacial score (nSPS) is 11.9. The van der Waals surface area contributed by atoms with Gasteiger partial charge >= 0.3 is 5.97 Å².